The summed E-state index contributed by atoms with van der Waals surface area (Å²) >= 11 is 0. The van der Waals surface area contributed by atoms with Crippen LogP contribution >= 0.6 is 0 Å². The van der Waals surface area contributed by atoms with Crippen LogP contribution in [0.3, 0.4) is 0 Å². The molecular formula is C11H23N5O5. The molecule has 4 atom stereocenters. The van der Waals surface area contributed by atoms with Crippen molar-refractivity contribution < 1.29 is 24.6 Å². The summed E-state index contributed by atoms with van der Waals surface area (Å²) in [5, 5.41) is 22.9. The first-order chi connectivity index (χ1) is 9.74. The van der Waals surface area contributed by atoms with Crippen LogP contribution in [-0.2, 0) is 14.4 Å². The summed E-state index contributed by atoms with van der Waals surface area (Å²) < 4.78 is 0. The van der Waals surface area contributed by atoms with E-state index in [1.807, 2.05) is 0 Å². The average Bonchev–Trinajstić information content (AvgIpc) is 2.42. The molecule has 0 aliphatic rings. The van der Waals surface area contributed by atoms with Gasteiger partial charge < -0.3 is 38.0 Å². The summed E-state index contributed by atoms with van der Waals surface area (Å²) in [4.78, 5) is 34.5. The fourth-order valence-corrected chi connectivity index (χ4v) is 1.46. The topological polar surface area (TPSA) is 194 Å². The lowest BCUT2D eigenvalue weighted by atomic mass is 10.1. The lowest BCUT2D eigenvalue weighted by Gasteiger charge is -2.24. The van der Waals surface area contributed by atoms with Crippen molar-refractivity contribution in [2.45, 2.75) is 37.6 Å². The zero-order chi connectivity index (χ0) is 16.6. The summed E-state index contributed by atoms with van der Waals surface area (Å²) in [6.07, 6.45) is -1.23. The molecule has 122 valence electrons. The number of hydrogen-bond donors (Lipinski definition) is 7. The zero-order valence-corrected chi connectivity index (χ0v) is 11.8. The number of amides is 2. The van der Waals surface area contributed by atoms with Crippen LogP contribution in [0, 0.1) is 0 Å². The molecule has 0 fully saturated rings. The SMILES string of the molecule is C[C@@H](O)[C@H](NC(=O)[C@@H](N)CN)C(=O)N[C@H](CCN)C(=O)O. The van der Waals surface area contributed by atoms with E-state index in [-0.39, 0.29) is 19.5 Å². The van der Waals surface area contributed by atoms with Gasteiger partial charge in [-0.15, -0.1) is 0 Å². The standard InChI is InChI=1S/C11H23N5O5/c1-5(17)8(16-9(18)6(14)4-13)10(19)15-7(2-3-12)11(20)21/h5-8,17H,2-4,12-14H2,1H3,(H,15,19)(H,16,18)(H,20,21)/t5-,6+,7-,8+/m1/s1. The summed E-state index contributed by atoms with van der Waals surface area (Å²) in [5.41, 5.74) is 15.9. The van der Waals surface area contributed by atoms with Crippen molar-refractivity contribution in [2.24, 2.45) is 17.2 Å². The number of carbonyl (C=O) groups is 3. The molecule has 0 aliphatic heterocycles. The van der Waals surface area contributed by atoms with Crippen molar-refractivity contribution in [3.63, 3.8) is 0 Å². The number of nitrogens with two attached hydrogens (primary N) is 3. The molecule has 0 bridgehead atoms. The molecule has 21 heavy (non-hydrogen) atoms. The first-order valence-corrected chi connectivity index (χ1v) is 6.41. The lowest BCUT2D eigenvalue weighted by molar-refractivity contribution is -0.143. The molecule has 0 radical (unpaired) electrons. The molecule has 2 amide bonds. The van der Waals surface area contributed by atoms with E-state index in [4.69, 9.17) is 22.3 Å². The van der Waals surface area contributed by atoms with Gasteiger partial charge in [0.15, 0.2) is 0 Å². The van der Waals surface area contributed by atoms with Gasteiger partial charge in [-0.2, -0.15) is 0 Å². The van der Waals surface area contributed by atoms with Gasteiger partial charge in [-0.05, 0) is 19.9 Å². The molecule has 10 nitrogen and oxygen atoms in total. The number of aliphatic carboxylic acids is 1. The van der Waals surface area contributed by atoms with Crippen LogP contribution in [0.15, 0.2) is 0 Å². The smallest absolute Gasteiger partial charge is 0.326 e. The molecule has 0 aromatic carbocycles. The average molecular weight is 305 g/mol. The van der Waals surface area contributed by atoms with Gasteiger partial charge in [0.2, 0.25) is 11.8 Å². The van der Waals surface area contributed by atoms with Crippen LogP contribution in [0.1, 0.15) is 13.3 Å². The number of aliphatic hydroxyl groups excluding tert-OH is 1. The Morgan fingerprint density at radius 1 is 1.14 bits per heavy atom. The van der Waals surface area contributed by atoms with E-state index in [1.54, 1.807) is 0 Å². The summed E-state index contributed by atoms with van der Waals surface area (Å²) in [6.45, 7) is 1.20. The molecule has 0 unspecified atom stereocenters. The second-order valence-corrected chi connectivity index (χ2v) is 4.55. The fraction of sp³-hybridized carbons (Fsp3) is 0.727. The van der Waals surface area contributed by atoms with Crippen molar-refractivity contribution in [1.29, 1.82) is 0 Å². The molecular weight excluding hydrogens is 282 g/mol. The number of carboxylic acids is 1. The van der Waals surface area contributed by atoms with Crippen LogP contribution < -0.4 is 27.8 Å². The number of carboxylic acid groups (broad SMARTS) is 1. The van der Waals surface area contributed by atoms with E-state index in [1.165, 1.54) is 6.92 Å². The minimum absolute atomic E-state index is 0.0177. The summed E-state index contributed by atoms with van der Waals surface area (Å²) in [7, 11) is 0. The monoisotopic (exact) mass is 305 g/mol. The van der Waals surface area contributed by atoms with Crippen LogP contribution in [0.5, 0.6) is 0 Å². The second kappa shape index (κ2) is 9.23. The van der Waals surface area contributed by atoms with Gasteiger partial charge in [-0.25, -0.2) is 4.79 Å². The van der Waals surface area contributed by atoms with Gasteiger partial charge in [0.05, 0.1) is 12.1 Å². The highest BCUT2D eigenvalue weighted by molar-refractivity contribution is 5.92. The highest BCUT2D eigenvalue weighted by atomic mass is 16.4. The minimum Gasteiger partial charge on any atom is -0.480 e. The molecule has 0 aliphatic carbocycles. The Labute approximate surface area is 122 Å². The van der Waals surface area contributed by atoms with E-state index in [0.29, 0.717) is 0 Å². The predicted octanol–water partition coefficient (Wildman–Crippen LogP) is -3.94. The summed E-state index contributed by atoms with van der Waals surface area (Å²) in [5.74, 6) is -2.82. The molecule has 0 saturated heterocycles. The Balaban J connectivity index is 4.83. The van der Waals surface area contributed by atoms with Gasteiger partial charge in [0.25, 0.3) is 0 Å². The third-order valence-electron chi connectivity index (χ3n) is 2.72. The van der Waals surface area contributed by atoms with Crippen LogP contribution in [0.2, 0.25) is 0 Å². The van der Waals surface area contributed by atoms with Crippen molar-refractivity contribution in [3.8, 4) is 0 Å². The molecule has 0 aromatic rings. The van der Waals surface area contributed by atoms with Gasteiger partial charge in [-0.1, -0.05) is 0 Å². The number of nitrogens with one attached hydrogen (secondary N) is 2. The quantitative estimate of drug-likeness (QED) is 0.224. The Kier molecular flexibility index (Phi) is 8.47. The number of aliphatic hydroxyl groups is 1. The maximum absolute atomic E-state index is 12.0. The fourth-order valence-electron chi connectivity index (χ4n) is 1.46. The Morgan fingerprint density at radius 2 is 1.71 bits per heavy atom. The lowest BCUT2D eigenvalue weighted by Crippen LogP contribution is -2.59. The van der Waals surface area contributed by atoms with Gasteiger partial charge in [-0.3, -0.25) is 9.59 Å². The van der Waals surface area contributed by atoms with E-state index < -0.39 is 42.0 Å². The minimum atomic E-state index is -1.34. The first kappa shape index (κ1) is 19.2. The van der Waals surface area contributed by atoms with Crippen LogP contribution in [0.25, 0.3) is 0 Å². The summed E-state index contributed by atoms with van der Waals surface area (Å²) in [6, 6.07) is -3.57. The van der Waals surface area contributed by atoms with Crippen LogP contribution in [0.4, 0.5) is 0 Å². The molecule has 0 rings (SSSR count). The van der Waals surface area contributed by atoms with E-state index in [0.717, 1.165) is 0 Å². The molecule has 0 heterocycles. The van der Waals surface area contributed by atoms with E-state index in [9.17, 15) is 19.5 Å². The van der Waals surface area contributed by atoms with E-state index in [2.05, 4.69) is 10.6 Å². The largest absolute Gasteiger partial charge is 0.480 e. The number of carbonyl (C=O) groups excluding carboxylic acids is 2. The molecule has 10 N–H and O–H groups in total. The van der Waals surface area contributed by atoms with Crippen molar-refractivity contribution in [2.75, 3.05) is 13.1 Å². The number of hydrogen-bond acceptors (Lipinski definition) is 7. The first-order valence-electron chi connectivity index (χ1n) is 6.41. The molecule has 0 aromatic heterocycles. The van der Waals surface area contributed by atoms with Gasteiger partial charge in [0, 0.05) is 6.54 Å². The van der Waals surface area contributed by atoms with Crippen LogP contribution in [-0.4, -0.2) is 65.3 Å². The second-order valence-electron chi connectivity index (χ2n) is 4.55. The van der Waals surface area contributed by atoms with Gasteiger partial charge >= 0.3 is 5.97 Å². The number of rotatable bonds is 9. The Bertz CT molecular complexity index is 376. The Hall–Kier alpha value is -1.75. The highest BCUT2D eigenvalue weighted by Crippen LogP contribution is 1.98. The third kappa shape index (κ3) is 6.49. The molecule has 0 spiro atoms. The van der Waals surface area contributed by atoms with Crippen molar-refractivity contribution in [3.05, 3.63) is 0 Å². The highest BCUT2D eigenvalue weighted by Gasteiger charge is 2.30. The predicted molar refractivity (Wildman–Crippen MR) is 73.9 cm³/mol. The third-order valence-corrected chi connectivity index (χ3v) is 2.72. The zero-order valence-electron chi connectivity index (χ0n) is 11.8. The maximum atomic E-state index is 12.0. The van der Waals surface area contributed by atoms with Crippen molar-refractivity contribution >= 4 is 17.8 Å². The normalized spacial score (nSPS) is 16.4. The van der Waals surface area contributed by atoms with E-state index >= 15 is 0 Å². The van der Waals surface area contributed by atoms with Crippen molar-refractivity contribution in [1.82, 2.24) is 10.6 Å². The van der Waals surface area contributed by atoms with Gasteiger partial charge in [0.1, 0.15) is 12.1 Å². The maximum Gasteiger partial charge on any atom is 0.326 e. The Morgan fingerprint density at radius 3 is 2.10 bits per heavy atom. The molecule has 0 saturated carbocycles. The molecule has 10 heteroatoms.